The maximum absolute atomic E-state index is 5.92. The van der Waals surface area contributed by atoms with Gasteiger partial charge in [0.15, 0.2) is 0 Å². The summed E-state index contributed by atoms with van der Waals surface area (Å²) in [7, 11) is 1.81. The first-order valence-corrected chi connectivity index (χ1v) is 5.14. The molecule has 0 aliphatic heterocycles. The summed E-state index contributed by atoms with van der Waals surface area (Å²) in [5.41, 5.74) is 0.884. The van der Waals surface area contributed by atoms with Gasteiger partial charge >= 0.3 is 0 Å². The van der Waals surface area contributed by atoms with Crippen LogP contribution in [0.1, 0.15) is 0 Å². The van der Waals surface area contributed by atoms with E-state index >= 15 is 0 Å². The van der Waals surface area contributed by atoms with Gasteiger partial charge in [-0.3, -0.25) is 4.57 Å². The van der Waals surface area contributed by atoms with Gasteiger partial charge in [-0.25, -0.2) is 4.98 Å². The second-order valence-electron chi connectivity index (χ2n) is 3.00. The van der Waals surface area contributed by atoms with Crippen LogP contribution in [0.3, 0.4) is 0 Å². The molecule has 0 spiro atoms. The first-order chi connectivity index (χ1) is 7.20. The van der Waals surface area contributed by atoms with Crippen molar-refractivity contribution >= 4 is 29.2 Å². The molecule has 1 aromatic heterocycles. The molecular weight excluding hydrogens is 233 g/mol. The smallest absolute Gasteiger partial charge is 0.207 e. The number of nitrogens with one attached hydrogen (secondary N) is 1. The van der Waals surface area contributed by atoms with Crippen molar-refractivity contribution in [2.75, 3.05) is 12.4 Å². The molecule has 3 nitrogen and oxygen atoms in total. The Kier molecular flexibility index (Phi) is 2.84. The fourth-order valence-corrected chi connectivity index (χ4v) is 1.89. The zero-order valence-electron chi connectivity index (χ0n) is 8.04. The van der Waals surface area contributed by atoms with Gasteiger partial charge in [0.2, 0.25) is 5.95 Å². The highest BCUT2D eigenvalue weighted by molar-refractivity contribution is 6.34. The molecule has 0 radical (unpaired) electrons. The number of nitrogens with zero attached hydrogens (tertiary/aromatic N) is 2. The summed E-state index contributed by atoms with van der Waals surface area (Å²) < 4.78 is 1.87. The summed E-state index contributed by atoms with van der Waals surface area (Å²) >= 11 is 11.8. The first kappa shape index (κ1) is 10.3. The number of imidazole rings is 1. The van der Waals surface area contributed by atoms with Crippen LogP contribution in [0, 0.1) is 0 Å². The van der Waals surface area contributed by atoms with E-state index in [4.69, 9.17) is 23.2 Å². The Morgan fingerprint density at radius 2 is 1.87 bits per heavy atom. The molecule has 0 saturated heterocycles. The minimum absolute atomic E-state index is 0.605. The molecule has 0 bridgehead atoms. The standard InChI is InChI=1S/C10H9Cl2N3/c1-13-10-14-2-3-15(10)9-5-7(11)4-8(12)6-9/h2-6H,1H3,(H,13,14). The van der Waals surface area contributed by atoms with Gasteiger partial charge in [0.05, 0.1) is 5.69 Å². The quantitative estimate of drug-likeness (QED) is 0.876. The number of hydrogen-bond acceptors (Lipinski definition) is 2. The van der Waals surface area contributed by atoms with E-state index in [0.717, 1.165) is 11.6 Å². The molecule has 0 atom stereocenters. The van der Waals surface area contributed by atoms with E-state index in [1.807, 2.05) is 29.9 Å². The maximum atomic E-state index is 5.92. The van der Waals surface area contributed by atoms with Crippen molar-refractivity contribution in [3.63, 3.8) is 0 Å². The summed E-state index contributed by atoms with van der Waals surface area (Å²) in [6.07, 6.45) is 3.55. The summed E-state index contributed by atoms with van der Waals surface area (Å²) in [5, 5.41) is 4.19. The fourth-order valence-electron chi connectivity index (χ4n) is 1.38. The van der Waals surface area contributed by atoms with Gasteiger partial charge in [-0.15, -0.1) is 0 Å². The number of rotatable bonds is 2. The van der Waals surface area contributed by atoms with Crippen LogP contribution in [-0.4, -0.2) is 16.6 Å². The van der Waals surface area contributed by atoms with E-state index < -0.39 is 0 Å². The third kappa shape index (κ3) is 2.08. The summed E-state index contributed by atoms with van der Waals surface area (Å²) in [4.78, 5) is 4.14. The SMILES string of the molecule is CNc1nccn1-c1cc(Cl)cc(Cl)c1. The van der Waals surface area contributed by atoms with Crippen molar-refractivity contribution in [2.45, 2.75) is 0 Å². The molecule has 0 aliphatic rings. The largest absolute Gasteiger partial charge is 0.358 e. The normalized spacial score (nSPS) is 10.3. The Morgan fingerprint density at radius 1 is 1.20 bits per heavy atom. The van der Waals surface area contributed by atoms with Crippen LogP contribution in [0.4, 0.5) is 5.95 Å². The fraction of sp³-hybridized carbons (Fsp3) is 0.100. The molecule has 0 aliphatic carbocycles. The van der Waals surface area contributed by atoms with Crippen molar-refractivity contribution in [3.05, 3.63) is 40.6 Å². The van der Waals surface area contributed by atoms with Crippen molar-refractivity contribution in [3.8, 4) is 5.69 Å². The second kappa shape index (κ2) is 4.13. The minimum atomic E-state index is 0.605. The predicted octanol–water partition coefficient (Wildman–Crippen LogP) is 3.22. The summed E-state index contributed by atoms with van der Waals surface area (Å²) in [6, 6.07) is 5.36. The average molecular weight is 242 g/mol. The van der Waals surface area contributed by atoms with Crippen LogP contribution in [0.5, 0.6) is 0 Å². The maximum Gasteiger partial charge on any atom is 0.207 e. The van der Waals surface area contributed by atoms with Crippen molar-refractivity contribution in [2.24, 2.45) is 0 Å². The van der Waals surface area contributed by atoms with Gasteiger partial charge in [-0.2, -0.15) is 0 Å². The van der Waals surface area contributed by atoms with Gasteiger partial charge in [0, 0.05) is 29.5 Å². The predicted molar refractivity (Wildman–Crippen MR) is 63.1 cm³/mol. The van der Waals surface area contributed by atoms with Gasteiger partial charge in [-0.05, 0) is 18.2 Å². The zero-order chi connectivity index (χ0) is 10.8. The lowest BCUT2D eigenvalue weighted by molar-refractivity contribution is 1.05. The van der Waals surface area contributed by atoms with E-state index in [2.05, 4.69) is 10.3 Å². The minimum Gasteiger partial charge on any atom is -0.358 e. The number of aromatic nitrogens is 2. The third-order valence-corrected chi connectivity index (χ3v) is 2.43. The van der Waals surface area contributed by atoms with Crippen LogP contribution in [0.15, 0.2) is 30.6 Å². The van der Waals surface area contributed by atoms with Crippen LogP contribution in [0.2, 0.25) is 10.0 Å². The lowest BCUT2D eigenvalue weighted by Gasteiger charge is -2.07. The molecule has 0 unspecified atom stereocenters. The van der Waals surface area contributed by atoms with Crippen LogP contribution < -0.4 is 5.32 Å². The van der Waals surface area contributed by atoms with E-state index in [9.17, 15) is 0 Å². The average Bonchev–Trinajstić information content (AvgIpc) is 2.63. The van der Waals surface area contributed by atoms with E-state index in [-0.39, 0.29) is 0 Å². The van der Waals surface area contributed by atoms with Gasteiger partial charge < -0.3 is 5.32 Å². The topological polar surface area (TPSA) is 29.9 Å². The lowest BCUT2D eigenvalue weighted by Crippen LogP contribution is -2.00. The molecule has 5 heteroatoms. The molecule has 2 rings (SSSR count). The van der Waals surface area contributed by atoms with Crippen molar-refractivity contribution in [1.29, 1.82) is 0 Å². The molecule has 15 heavy (non-hydrogen) atoms. The van der Waals surface area contributed by atoms with E-state index in [0.29, 0.717) is 10.0 Å². The summed E-state index contributed by atoms with van der Waals surface area (Å²) in [5.74, 6) is 0.744. The molecule has 1 heterocycles. The number of anilines is 1. The Bertz CT molecular complexity index is 459. The summed E-state index contributed by atoms with van der Waals surface area (Å²) in [6.45, 7) is 0. The lowest BCUT2D eigenvalue weighted by atomic mass is 10.3. The Balaban J connectivity index is 2.53. The van der Waals surface area contributed by atoms with Gasteiger partial charge in [-0.1, -0.05) is 23.2 Å². The number of halogens is 2. The van der Waals surface area contributed by atoms with E-state index in [1.165, 1.54) is 0 Å². The molecule has 0 saturated carbocycles. The highest BCUT2D eigenvalue weighted by atomic mass is 35.5. The zero-order valence-corrected chi connectivity index (χ0v) is 9.55. The molecule has 0 fully saturated rings. The van der Waals surface area contributed by atoms with Gasteiger partial charge in [0.25, 0.3) is 0 Å². The first-order valence-electron chi connectivity index (χ1n) is 4.38. The van der Waals surface area contributed by atoms with Crippen LogP contribution >= 0.6 is 23.2 Å². The van der Waals surface area contributed by atoms with Crippen molar-refractivity contribution in [1.82, 2.24) is 9.55 Å². The Labute approximate surface area is 97.6 Å². The Morgan fingerprint density at radius 3 is 2.47 bits per heavy atom. The Hall–Kier alpha value is -1.19. The molecular formula is C10H9Cl2N3. The monoisotopic (exact) mass is 241 g/mol. The second-order valence-corrected chi connectivity index (χ2v) is 3.87. The highest BCUT2D eigenvalue weighted by Crippen LogP contribution is 2.23. The molecule has 1 N–H and O–H groups in total. The van der Waals surface area contributed by atoms with Crippen LogP contribution in [-0.2, 0) is 0 Å². The van der Waals surface area contributed by atoms with Gasteiger partial charge in [0.1, 0.15) is 0 Å². The number of benzene rings is 1. The molecule has 1 aromatic carbocycles. The molecule has 0 amide bonds. The third-order valence-electron chi connectivity index (χ3n) is 1.99. The molecule has 78 valence electrons. The highest BCUT2D eigenvalue weighted by Gasteiger charge is 2.04. The van der Waals surface area contributed by atoms with Crippen molar-refractivity contribution < 1.29 is 0 Å². The molecule has 2 aromatic rings. The van der Waals surface area contributed by atoms with E-state index in [1.54, 1.807) is 12.3 Å². The van der Waals surface area contributed by atoms with Crippen LogP contribution in [0.25, 0.3) is 5.69 Å². The number of hydrogen-bond donors (Lipinski definition) is 1.